The molecule has 14 heavy (non-hydrogen) atoms. The van der Waals surface area contributed by atoms with Gasteiger partial charge < -0.3 is 9.51 Å². The number of para-hydroxylation sites is 1. The van der Waals surface area contributed by atoms with Crippen LogP contribution in [0.4, 0.5) is 0 Å². The van der Waals surface area contributed by atoms with Gasteiger partial charge in [0.25, 0.3) is 0 Å². The van der Waals surface area contributed by atoms with Crippen LogP contribution in [0.3, 0.4) is 0 Å². The van der Waals surface area contributed by atoms with Crippen LogP contribution in [0.5, 0.6) is 0 Å². The molecule has 0 radical (unpaired) electrons. The highest BCUT2D eigenvalue weighted by atomic mass is 16.5. The maximum atomic E-state index is 4.79. The predicted molar refractivity (Wildman–Crippen MR) is 53.8 cm³/mol. The number of nitrogens with zero attached hydrogens (tertiary/aromatic N) is 1. The van der Waals surface area contributed by atoms with Crippen LogP contribution in [0.2, 0.25) is 0 Å². The van der Waals surface area contributed by atoms with Crippen LogP contribution in [0.15, 0.2) is 47.2 Å². The smallest absolute Gasteiger partial charge is 0.130 e. The van der Waals surface area contributed by atoms with E-state index >= 15 is 0 Å². The maximum Gasteiger partial charge on any atom is 0.130 e. The molecule has 3 nitrogen and oxygen atoms in total. The molecule has 0 unspecified atom stereocenters. The van der Waals surface area contributed by atoms with Gasteiger partial charge in [-0.2, -0.15) is 0 Å². The van der Waals surface area contributed by atoms with Crippen molar-refractivity contribution in [3.8, 4) is 11.4 Å². The molecule has 3 aromatic rings. The van der Waals surface area contributed by atoms with Gasteiger partial charge in [-0.15, -0.1) is 0 Å². The lowest BCUT2D eigenvalue weighted by molar-refractivity contribution is 0.422. The summed E-state index contributed by atoms with van der Waals surface area (Å²) in [6.45, 7) is 0. The van der Waals surface area contributed by atoms with Crippen LogP contribution in [0, 0.1) is 0 Å². The Morgan fingerprint density at radius 2 is 2.07 bits per heavy atom. The van der Waals surface area contributed by atoms with Gasteiger partial charge in [-0.05, 0) is 12.1 Å². The molecule has 2 aromatic heterocycles. The molecule has 0 spiro atoms. The topological polar surface area (TPSA) is 41.8 Å². The Morgan fingerprint density at radius 3 is 2.86 bits per heavy atom. The molecule has 0 amide bonds. The first-order valence-electron chi connectivity index (χ1n) is 4.42. The third-order valence-corrected chi connectivity index (χ3v) is 2.24. The van der Waals surface area contributed by atoms with Crippen molar-refractivity contribution in [1.29, 1.82) is 0 Å². The van der Waals surface area contributed by atoms with Crippen LogP contribution in [0.25, 0.3) is 22.3 Å². The summed E-state index contributed by atoms with van der Waals surface area (Å²) >= 11 is 0. The minimum absolute atomic E-state index is 0.834. The lowest BCUT2D eigenvalue weighted by atomic mass is 10.2. The minimum Gasteiger partial charge on any atom is -0.364 e. The molecule has 0 aliphatic heterocycles. The lowest BCUT2D eigenvalue weighted by Gasteiger charge is -1.86. The number of H-pyrrole nitrogens is 1. The van der Waals surface area contributed by atoms with Gasteiger partial charge >= 0.3 is 0 Å². The molecular weight excluding hydrogens is 176 g/mol. The van der Waals surface area contributed by atoms with Crippen molar-refractivity contribution < 1.29 is 4.52 Å². The minimum atomic E-state index is 0.834. The summed E-state index contributed by atoms with van der Waals surface area (Å²) in [4.78, 5) is 3.28. The van der Waals surface area contributed by atoms with E-state index in [1.54, 1.807) is 6.26 Å². The van der Waals surface area contributed by atoms with Crippen molar-refractivity contribution in [2.45, 2.75) is 0 Å². The van der Waals surface area contributed by atoms with Crippen LogP contribution >= 0.6 is 0 Å². The fourth-order valence-corrected chi connectivity index (χ4v) is 1.56. The number of benzene rings is 1. The number of fused-ring (bicyclic) bond motifs is 1. The van der Waals surface area contributed by atoms with Crippen molar-refractivity contribution in [1.82, 2.24) is 10.1 Å². The monoisotopic (exact) mass is 184 g/mol. The van der Waals surface area contributed by atoms with Gasteiger partial charge in [0.1, 0.15) is 12.0 Å². The second-order valence-electron chi connectivity index (χ2n) is 3.15. The first-order valence-corrected chi connectivity index (χ1v) is 4.42. The summed E-state index contributed by atoms with van der Waals surface area (Å²) in [5.74, 6) is 0. The van der Waals surface area contributed by atoms with E-state index in [4.69, 9.17) is 4.52 Å². The normalized spacial score (nSPS) is 10.9. The van der Waals surface area contributed by atoms with Gasteiger partial charge in [-0.1, -0.05) is 23.4 Å². The zero-order valence-electron chi connectivity index (χ0n) is 7.40. The Hall–Kier alpha value is -2.03. The second kappa shape index (κ2) is 2.73. The van der Waals surface area contributed by atoms with E-state index in [2.05, 4.69) is 22.3 Å². The highest BCUT2D eigenvalue weighted by molar-refractivity contribution is 5.84. The van der Waals surface area contributed by atoms with Crippen LogP contribution in [-0.4, -0.2) is 10.1 Å². The fourth-order valence-electron chi connectivity index (χ4n) is 1.56. The highest BCUT2D eigenvalue weighted by Gasteiger charge is 2.04. The first kappa shape index (κ1) is 7.38. The summed E-state index contributed by atoms with van der Waals surface area (Å²) < 4.78 is 4.79. The molecule has 1 aromatic carbocycles. The molecular formula is C11H8N2O. The number of rotatable bonds is 1. The van der Waals surface area contributed by atoms with Crippen molar-refractivity contribution in [2.24, 2.45) is 0 Å². The molecule has 0 fully saturated rings. The second-order valence-corrected chi connectivity index (χ2v) is 3.15. The molecule has 68 valence electrons. The lowest BCUT2D eigenvalue weighted by Crippen LogP contribution is -1.74. The highest BCUT2D eigenvalue weighted by Crippen LogP contribution is 2.22. The first-order chi connectivity index (χ1) is 6.93. The van der Waals surface area contributed by atoms with Crippen LogP contribution in [0.1, 0.15) is 0 Å². The average Bonchev–Trinajstić information content (AvgIpc) is 2.86. The van der Waals surface area contributed by atoms with Crippen LogP contribution in [-0.2, 0) is 0 Å². The summed E-state index contributed by atoms with van der Waals surface area (Å²) in [6.07, 6.45) is 1.57. The largest absolute Gasteiger partial charge is 0.364 e. The Morgan fingerprint density at radius 1 is 1.14 bits per heavy atom. The third-order valence-electron chi connectivity index (χ3n) is 2.24. The third kappa shape index (κ3) is 1.03. The van der Waals surface area contributed by atoms with E-state index in [9.17, 15) is 0 Å². The van der Waals surface area contributed by atoms with E-state index in [-0.39, 0.29) is 0 Å². The molecule has 2 heterocycles. The summed E-state index contributed by atoms with van der Waals surface area (Å²) in [7, 11) is 0. The Balaban J connectivity index is 2.24. The zero-order chi connectivity index (χ0) is 9.38. The van der Waals surface area contributed by atoms with Gasteiger partial charge in [0.2, 0.25) is 0 Å². The predicted octanol–water partition coefficient (Wildman–Crippen LogP) is 2.82. The summed E-state index contributed by atoms with van der Waals surface area (Å²) in [5, 5.41) is 5.06. The quantitative estimate of drug-likeness (QED) is 0.631. The number of aromatic nitrogens is 2. The molecule has 0 aliphatic rings. The van der Waals surface area contributed by atoms with Crippen molar-refractivity contribution in [3.05, 3.63) is 42.7 Å². The van der Waals surface area contributed by atoms with Gasteiger partial charge in [0.15, 0.2) is 0 Å². The maximum absolute atomic E-state index is 4.79. The fraction of sp³-hybridized carbons (Fsp3) is 0. The number of hydrogen-bond donors (Lipinski definition) is 1. The molecule has 0 aliphatic carbocycles. The van der Waals surface area contributed by atoms with Crippen LogP contribution < -0.4 is 0 Å². The molecule has 1 N–H and O–H groups in total. The van der Waals surface area contributed by atoms with Crippen molar-refractivity contribution >= 4 is 10.9 Å². The van der Waals surface area contributed by atoms with Gasteiger partial charge in [-0.25, -0.2) is 0 Å². The molecule has 0 saturated heterocycles. The number of nitrogens with one attached hydrogen (secondary N) is 1. The molecule has 3 heteroatoms. The van der Waals surface area contributed by atoms with E-state index in [0.29, 0.717) is 0 Å². The van der Waals surface area contributed by atoms with Gasteiger partial charge in [0.05, 0.1) is 5.69 Å². The van der Waals surface area contributed by atoms with Crippen molar-refractivity contribution in [3.63, 3.8) is 0 Å². The Labute approximate surface area is 80.3 Å². The molecule has 0 saturated carbocycles. The Bertz CT molecular complexity index is 518. The van der Waals surface area contributed by atoms with Gasteiger partial charge in [-0.3, -0.25) is 0 Å². The summed E-state index contributed by atoms with van der Waals surface area (Å²) in [5.41, 5.74) is 2.94. The van der Waals surface area contributed by atoms with E-state index in [0.717, 1.165) is 16.9 Å². The SMILES string of the molecule is c1ccc2[nH]c(-c3ccon3)cc2c1. The molecule has 0 atom stereocenters. The van der Waals surface area contributed by atoms with Crippen molar-refractivity contribution in [2.75, 3.05) is 0 Å². The van der Waals surface area contributed by atoms with E-state index < -0.39 is 0 Å². The zero-order valence-corrected chi connectivity index (χ0v) is 7.40. The molecule has 3 rings (SSSR count). The van der Waals surface area contributed by atoms with E-state index in [1.165, 1.54) is 5.39 Å². The van der Waals surface area contributed by atoms with E-state index in [1.807, 2.05) is 24.3 Å². The summed E-state index contributed by atoms with van der Waals surface area (Å²) in [6, 6.07) is 12.0. The Kier molecular flexibility index (Phi) is 1.44. The average molecular weight is 184 g/mol. The molecule has 0 bridgehead atoms. The number of aromatic amines is 1. The van der Waals surface area contributed by atoms with Gasteiger partial charge in [0, 0.05) is 17.0 Å². The standard InChI is InChI=1S/C11H8N2O/c1-2-4-9-8(3-1)7-11(12-9)10-5-6-14-13-10/h1-7,12H. The number of hydrogen-bond acceptors (Lipinski definition) is 2.